The predicted molar refractivity (Wildman–Crippen MR) is 47.8 cm³/mol. The minimum absolute atomic E-state index is 0.0430. The largest absolute Gasteiger partial charge is 0.356 e. The average molecular weight is 171 g/mol. The second kappa shape index (κ2) is 6.83. The van der Waals surface area contributed by atoms with E-state index in [1.54, 1.807) is 0 Å². The Kier molecular flexibility index (Phi) is 6.34. The molecule has 0 atom stereocenters. The monoisotopic (exact) mass is 171 g/mol. The summed E-state index contributed by atoms with van der Waals surface area (Å²) in [5.41, 5.74) is 0. The number of hydrogen-bond donors (Lipinski definition) is 1. The first-order valence-electron chi connectivity index (χ1n) is 4.49. The summed E-state index contributed by atoms with van der Waals surface area (Å²) in [6, 6.07) is 0. The van der Waals surface area contributed by atoms with Crippen LogP contribution in [-0.2, 0) is 9.59 Å². The van der Waals surface area contributed by atoms with Gasteiger partial charge in [-0.3, -0.25) is 9.59 Å². The summed E-state index contributed by atoms with van der Waals surface area (Å²) in [5, 5.41) is 2.69. The van der Waals surface area contributed by atoms with E-state index in [0.29, 0.717) is 32.2 Å². The Bertz CT molecular complexity index is 155. The highest BCUT2D eigenvalue weighted by Crippen LogP contribution is 1.98. The van der Waals surface area contributed by atoms with Crippen LogP contribution in [0.2, 0.25) is 0 Å². The quantitative estimate of drug-likeness (QED) is 0.654. The van der Waals surface area contributed by atoms with Gasteiger partial charge in [-0.2, -0.15) is 0 Å². The lowest BCUT2D eigenvalue weighted by Gasteiger charge is -2.00. The van der Waals surface area contributed by atoms with E-state index < -0.39 is 0 Å². The number of carbonyl (C=O) groups is 2. The minimum atomic E-state index is 0.0430. The van der Waals surface area contributed by atoms with Crippen LogP contribution in [0.5, 0.6) is 0 Å². The molecular formula is C9H17NO2. The molecule has 0 rings (SSSR count). The fourth-order valence-electron chi connectivity index (χ4n) is 0.908. The Morgan fingerprint density at radius 1 is 1.17 bits per heavy atom. The Balaban J connectivity index is 3.30. The van der Waals surface area contributed by atoms with Crippen molar-refractivity contribution < 1.29 is 9.59 Å². The maximum atomic E-state index is 10.9. The highest BCUT2D eigenvalue weighted by atomic mass is 16.1. The van der Waals surface area contributed by atoms with E-state index in [1.807, 2.05) is 13.8 Å². The number of ketones is 1. The van der Waals surface area contributed by atoms with E-state index in [-0.39, 0.29) is 11.7 Å². The molecule has 0 aliphatic heterocycles. The first-order valence-corrected chi connectivity index (χ1v) is 4.49. The summed E-state index contributed by atoms with van der Waals surface area (Å²) < 4.78 is 0. The third kappa shape index (κ3) is 5.89. The van der Waals surface area contributed by atoms with Crippen molar-refractivity contribution >= 4 is 11.7 Å². The van der Waals surface area contributed by atoms with E-state index in [9.17, 15) is 9.59 Å². The zero-order valence-corrected chi connectivity index (χ0v) is 7.85. The number of rotatable bonds is 6. The van der Waals surface area contributed by atoms with Gasteiger partial charge in [0, 0.05) is 25.8 Å². The Morgan fingerprint density at radius 3 is 2.33 bits per heavy atom. The summed E-state index contributed by atoms with van der Waals surface area (Å²) in [5.74, 6) is 0.278. The molecule has 3 nitrogen and oxygen atoms in total. The Morgan fingerprint density at radius 2 is 1.83 bits per heavy atom. The van der Waals surface area contributed by atoms with Crippen molar-refractivity contribution in [3.8, 4) is 0 Å². The van der Waals surface area contributed by atoms with E-state index >= 15 is 0 Å². The summed E-state index contributed by atoms with van der Waals surface area (Å²) >= 11 is 0. The van der Waals surface area contributed by atoms with E-state index in [0.717, 1.165) is 0 Å². The molecule has 1 amide bonds. The second-order valence-corrected chi connectivity index (χ2v) is 2.70. The lowest BCUT2D eigenvalue weighted by atomic mass is 10.1. The maximum Gasteiger partial charge on any atom is 0.219 e. The topological polar surface area (TPSA) is 46.2 Å². The fourth-order valence-corrected chi connectivity index (χ4v) is 0.908. The lowest BCUT2D eigenvalue weighted by Crippen LogP contribution is -2.22. The molecule has 0 bridgehead atoms. The van der Waals surface area contributed by atoms with Gasteiger partial charge in [0.2, 0.25) is 5.91 Å². The Hall–Kier alpha value is -0.860. The van der Waals surface area contributed by atoms with Crippen molar-refractivity contribution in [2.24, 2.45) is 0 Å². The standard InChI is InChI=1S/C9H17NO2/c1-3-8(11)6-5-7-9(12)10-4-2/h3-7H2,1-2H3,(H,10,12). The summed E-state index contributed by atoms with van der Waals surface area (Å²) in [4.78, 5) is 21.7. The van der Waals surface area contributed by atoms with Crippen molar-refractivity contribution in [3.05, 3.63) is 0 Å². The fraction of sp³-hybridized carbons (Fsp3) is 0.778. The van der Waals surface area contributed by atoms with Gasteiger partial charge >= 0.3 is 0 Å². The van der Waals surface area contributed by atoms with E-state index in [4.69, 9.17) is 0 Å². The highest BCUT2D eigenvalue weighted by molar-refractivity contribution is 5.79. The molecule has 3 heteroatoms. The smallest absolute Gasteiger partial charge is 0.219 e. The predicted octanol–water partition coefficient (Wildman–Crippen LogP) is 1.27. The van der Waals surface area contributed by atoms with Crippen molar-refractivity contribution in [2.75, 3.05) is 6.54 Å². The van der Waals surface area contributed by atoms with Crippen LogP contribution in [0.15, 0.2) is 0 Å². The first-order chi connectivity index (χ1) is 5.70. The van der Waals surface area contributed by atoms with Crippen LogP contribution in [0.4, 0.5) is 0 Å². The van der Waals surface area contributed by atoms with Gasteiger partial charge in [-0.15, -0.1) is 0 Å². The summed E-state index contributed by atoms with van der Waals surface area (Å²) in [6.45, 7) is 4.39. The van der Waals surface area contributed by atoms with Crippen molar-refractivity contribution in [1.82, 2.24) is 5.32 Å². The molecule has 0 spiro atoms. The number of amides is 1. The molecule has 0 aromatic heterocycles. The maximum absolute atomic E-state index is 10.9. The van der Waals surface area contributed by atoms with Crippen LogP contribution in [-0.4, -0.2) is 18.2 Å². The second-order valence-electron chi connectivity index (χ2n) is 2.70. The van der Waals surface area contributed by atoms with Crippen LogP contribution >= 0.6 is 0 Å². The number of carbonyl (C=O) groups excluding carboxylic acids is 2. The molecule has 0 fully saturated rings. The number of Topliss-reactive ketones (excluding diaryl/α,β-unsaturated/α-hetero) is 1. The van der Waals surface area contributed by atoms with Crippen LogP contribution < -0.4 is 5.32 Å². The molecule has 0 aliphatic rings. The molecule has 70 valence electrons. The van der Waals surface area contributed by atoms with Crippen molar-refractivity contribution in [2.45, 2.75) is 39.5 Å². The van der Waals surface area contributed by atoms with E-state index in [2.05, 4.69) is 5.32 Å². The molecule has 0 aliphatic carbocycles. The first kappa shape index (κ1) is 11.1. The van der Waals surface area contributed by atoms with Crippen molar-refractivity contribution in [3.63, 3.8) is 0 Å². The zero-order valence-electron chi connectivity index (χ0n) is 7.85. The molecule has 0 heterocycles. The molecule has 12 heavy (non-hydrogen) atoms. The normalized spacial score (nSPS) is 9.50. The van der Waals surface area contributed by atoms with Crippen LogP contribution in [0.1, 0.15) is 39.5 Å². The molecule has 0 aromatic carbocycles. The molecule has 0 saturated heterocycles. The van der Waals surface area contributed by atoms with Crippen molar-refractivity contribution in [1.29, 1.82) is 0 Å². The van der Waals surface area contributed by atoms with Gasteiger partial charge in [0.05, 0.1) is 0 Å². The third-order valence-corrected chi connectivity index (χ3v) is 1.63. The van der Waals surface area contributed by atoms with Gasteiger partial charge in [-0.25, -0.2) is 0 Å². The SMILES string of the molecule is CCNC(=O)CCCC(=O)CC. The van der Waals surface area contributed by atoms with Crippen LogP contribution in [0.25, 0.3) is 0 Å². The highest BCUT2D eigenvalue weighted by Gasteiger charge is 2.01. The van der Waals surface area contributed by atoms with Gasteiger partial charge in [-0.1, -0.05) is 6.92 Å². The number of nitrogens with one attached hydrogen (secondary N) is 1. The third-order valence-electron chi connectivity index (χ3n) is 1.63. The average Bonchev–Trinajstić information content (AvgIpc) is 2.04. The molecule has 0 unspecified atom stereocenters. The van der Waals surface area contributed by atoms with Crippen LogP contribution in [0.3, 0.4) is 0 Å². The Labute approximate surface area is 73.5 Å². The van der Waals surface area contributed by atoms with Gasteiger partial charge in [-0.05, 0) is 13.3 Å². The molecular weight excluding hydrogens is 154 g/mol. The molecule has 0 saturated carbocycles. The zero-order chi connectivity index (χ0) is 9.40. The molecule has 0 radical (unpaired) electrons. The summed E-state index contributed by atoms with van der Waals surface area (Å²) in [7, 11) is 0. The van der Waals surface area contributed by atoms with Gasteiger partial charge < -0.3 is 5.32 Å². The minimum Gasteiger partial charge on any atom is -0.356 e. The molecule has 0 aromatic rings. The van der Waals surface area contributed by atoms with Gasteiger partial charge in [0.25, 0.3) is 0 Å². The lowest BCUT2D eigenvalue weighted by molar-refractivity contribution is -0.121. The van der Waals surface area contributed by atoms with Gasteiger partial charge in [0.1, 0.15) is 5.78 Å². The summed E-state index contributed by atoms with van der Waals surface area (Å²) in [6.07, 6.45) is 2.26. The van der Waals surface area contributed by atoms with E-state index in [1.165, 1.54) is 0 Å². The molecule has 1 N–H and O–H groups in total. The van der Waals surface area contributed by atoms with Crippen LogP contribution in [0, 0.1) is 0 Å². The number of hydrogen-bond acceptors (Lipinski definition) is 2. The van der Waals surface area contributed by atoms with Gasteiger partial charge in [0.15, 0.2) is 0 Å².